The first kappa shape index (κ1) is 18.7. The molecule has 0 aromatic carbocycles. The molecule has 1 aliphatic heterocycles. The number of nitrogens with one attached hydrogen (secondary N) is 1. The summed E-state index contributed by atoms with van der Waals surface area (Å²) in [6.45, 7) is 5.65. The van der Waals surface area contributed by atoms with Crippen molar-refractivity contribution in [2.75, 3.05) is 13.1 Å². The molecule has 3 fully saturated rings. The van der Waals surface area contributed by atoms with Gasteiger partial charge in [-0.15, -0.1) is 0 Å². The molecule has 0 atom stereocenters. The highest BCUT2D eigenvalue weighted by Crippen LogP contribution is 2.52. The first-order valence-electron chi connectivity index (χ1n) is 10.5. The molecule has 0 aromatic rings. The van der Waals surface area contributed by atoms with Gasteiger partial charge in [-0.3, -0.25) is 9.69 Å². The van der Waals surface area contributed by atoms with Gasteiger partial charge in [-0.05, 0) is 51.9 Å². The number of imide groups is 1. The molecule has 5 heteroatoms. The van der Waals surface area contributed by atoms with Crippen LogP contribution >= 0.6 is 0 Å². The number of carbonyl (C=O) groups is 2. The Bertz CT molecular complexity index is 493. The third-order valence-electron chi connectivity index (χ3n) is 6.64. The van der Waals surface area contributed by atoms with Gasteiger partial charge in [0, 0.05) is 13.1 Å². The third-order valence-corrected chi connectivity index (χ3v) is 6.64. The van der Waals surface area contributed by atoms with E-state index in [1.807, 2.05) is 6.92 Å². The smallest absolute Gasteiger partial charge is 0.325 e. The molecule has 3 aliphatic rings. The number of nitrogens with zero attached hydrogens (tertiary/aromatic N) is 2. The van der Waals surface area contributed by atoms with Crippen LogP contribution in [0, 0.1) is 0 Å². The summed E-state index contributed by atoms with van der Waals surface area (Å²) in [6.07, 6.45) is 12.8. The van der Waals surface area contributed by atoms with E-state index in [2.05, 4.69) is 17.1 Å². The second kappa shape index (κ2) is 7.65. The first-order valence-corrected chi connectivity index (χ1v) is 10.5. The van der Waals surface area contributed by atoms with E-state index in [0.29, 0.717) is 6.54 Å². The zero-order valence-electron chi connectivity index (χ0n) is 16.1. The van der Waals surface area contributed by atoms with Crippen molar-refractivity contribution in [3.05, 3.63) is 0 Å². The minimum Gasteiger partial charge on any atom is -0.338 e. The fraction of sp³-hybridized carbons (Fsp3) is 0.900. The van der Waals surface area contributed by atoms with E-state index >= 15 is 0 Å². The van der Waals surface area contributed by atoms with Crippen LogP contribution in [-0.4, -0.2) is 46.0 Å². The van der Waals surface area contributed by atoms with Crippen molar-refractivity contribution in [1.29, 1.82) is 0 Å². The minimum atomic E-state index is -0.421. The molecule has 142 valence electrons. The Morgan fingerprint density at radius 2 is 1.60 bits per heavy atom. The number of unbranched alkanes of at least 4 members (excludes halogenated alkanes) is 1. The summed E-state index contributed by atoms with van der Waals surface area (Å²) in [6, 6.07) is -0.168. The van der Waals surface area contributed by atoms with Crippen LogP contribution in [0.5, 0.6) is 0 Å². The van der Waals surface area contributed by atoms with Crippen LogP contribution in [0.3, 0.4) is 0 Å². The fourth-order valence-corrected chi connectivity index (χ4v) is 5.51. The lowest BCUT2D eigenvalue weighted by Crippen LogP contribution is -2.61. The predicted octanol–water partition coefficient (Wildman–Crippen LogP) is 4.02. The number of urea groups is 1. The van der Waals surface area contributed by atoms with E-state index in [9.17, 15) is 9.59 Å². The molecule has 3 amide bonds. The van der Waals surface area contributed by atoms with E-state index in [0.717, 1.165) is 70.8 Å². The van der Waals surface area contributed by atoms with Crippen molar-refractivity contribution >= 4 is 11.9 Å². The van der Waals surface area contributed by atoms with Crippen LogP contribution in [0.2, 0.25) is 0 Å². The summed E-state index contributed by atoms with van der Waals surface area (Å²) in [5.41, 5.74) is -0.795. The number of hydrogen-bond donors (Lipinski definition) is 1. The molecule has 0 radical (unpaired) electrons. The number of rotatable bonds is 4. The van der Waals surface area contributed by atoms with Crippen molar-refractivity contribution in [3.8, 4) is 0 Å². The highest BCUT2D eigenvalue weighted by Gasteiger charge is 2.65. The van der Waals surface area contributed by atoms with Crippen LogP contribution in [0.25, 0.3) is 0 Å². The van der Waals surface area contributed by atoms with Gasteiger partial charge in [0.1, 0.15) is 11.2 Å². The molecule has 1 N–H and O–H groups in total. The van der Waals surface area contributed by atoms with Crippen molar-refractivity contribution in [1.82, 2.24) is 15.1 Å². The van der Waals surface area contributed by atoms with Gasteiger partial charge in [0.25, 0.3) is 5.91 Å². The van der Waals surface area contributed by atoms with Crippen LogP contribution in [0.1, 0.15) is 90.9 Å². The van der Waals surface area contributed by atoms with Crippen molar-refractivity contribution in [2.45, 2.75) is 102 Å². The molecule has 1 heterocycles. The zero-order valence-corrected chi connectivity index (χ0v) is 16.1. The number of hydrogen-bond acceptors (Lipinski definition) is 3. The Morgan fingerprint density at radius 3 is 2.16 bits per heavy atom. The van der Waals surface area contributed by atoms with Crippen molar-refractivity contribution < 1.29 is 9.59 Å². The lowest BCUT2D eigenvalue weighted by molar-refractivity contribution is -0.133. The molecule has 2 saturated carbocycles. The monoisotopic (exact) mass is 349 g/mol. The van der Waals surface area contributed by atoms with Gasteiger partial charge in [-0.2, -0.15) is 0 Å². The highest BCUT2D eigenvalue weighted by atomic mass is 16.2. The van der Waals surface area contributed by atoms with Gasteiger partial charge in [-0.25, -0.2) is 9.69 Å². The van der Waals surface area contributed by atoms with Gasteiger partial charge in [0.2, 0.25) is 0 Å². The van der Waals surface area contributed by atoms with Crippen molar-refractivity contribution in [2.24, 2.45) is 0 Å². The molecular formula is C20H35N3O2. The first-order chi connectivity index (χ1) is 12.1. The molecule has 5 nitrogen and oxygen atoms in total. The number of amides is 3. The zero-order chi connectivity index (χ0) is 17.9. The maximum atomic E-state index is 13.7. The second-order valence-electron chi connectivity index (χ2n) is 8.12. The van der Waals surface area contributed by atoms with Gasteiger partial charge in [-0.1, -0.05) is 39.0 Å². The standard InChI is InChI=1S/C20H35N3O2/c1-3-5-16-22-19(12-8-6-9-13-19)17(24)23(18(25)21-4-2)20(22)14-10-7-11-15-20/h3-16H2,1-2H3,(H,21,25). The third kappa shape index (κ3) is 2.98. The van der Waals surface area contributed by atoms with Crippen molar-refractivity contribution in [3.63, 3.8) is 0 Å². The normalized spacial score (nSPS) is 25.7. The van der Waals surface area contributed by atoms with E-state index in [-0.39, 0.29) is 17.6 Å². The van der Waals surface area contributed by atoms with Gasteiger partial charge in [0.05, 0.1) is 0 Å². The molecular weight excluding hydrogens is 314 g/mol. The van der Waals surface area contributed by atoms with E-state index in [4.69, 9.17) is 0 Å². The largest absolute Gasteiger partial charge is 0.338 e. The Kier molecular flexibility index (Phi) is 5.71. The lowest BCUT2D eigenvalue weighted by Gasteiger charge is -2.49. The minimum absolute atomic E-state index is 0.0937. The summed E-state index contributed by atoms with van der Waals surface area (Å²) in [5, 5.41) is 2.93. The Hall–Kier alpha value is -1.10. The molecule has 0 aromatic heterocycles. The van der Waals surface area contributed by atoms with Crippen LogP contribution in [-0.2, 0) is 4.79 Å². The quantitative estimate of drug-likeness (QED) is 0.834. The highest BCUT2D eigenvalue weighted by molar-refractivity contribution is 6.02. The van der Waals surface area contributed by atoms with E-state index in [1.165, 1.54) is 12.8 Å². The molecule has 2 spiro atoms. The molecule has 3 rings (SSSR count). The average Bonchev–Trinajstić information content (AvgIpc) is 2.80. The molecule has 2 aliphatic carbocycles. The lowest BCUT2D eigenvalue weighted by atomic mass is 9.78. The Morgan fingerprint density at radius 1 is 1.00 bits per heavy atom. The Balaban J connectivity index is 2.04. The molecule has 0 unspecified atom stereocenters. The molecule has 1 saturated heterocycles. The van der Waals surface area contributed by atoms with E-state index < -0.39 is 5.54 Å². The summed E-state index contributed by atoms with van der Waals surface area (Å²) >= 11 is 0. The predicted molar refractivity (Wildman–Crippen MR) is 99.2 cm³/mol. The summed E-state index contributed by atoms with van der Waals surface area (Å²) < 4.78 is 0. The second-order valence-corrected chi connectivity index (χ2v) is 8.12. The number of carbonyl (C=O) groups excluding carboxylic acids is 2. The topological polar surface area (TPSA) is 52.7 Å². The van der Waals surface area contributed by atoms with Gasteiger partial charge in [0.15, 0.2) is 0 Å². The maximum absolute atomic E-state index is 13.7. The molecule has 0 bridgehead atoms. The van der Waals surface area contributed by atoms with Gasteiger partial charge >= 0.3 is 6.03 Å². The van der Waals surface area contributed by atoms with Crippen LogP contribution in [0.15, 0.2) is 0 Å². The van der Waals surface area contributed by atoms with Crippen LogP contribution < -0.4 is 5.32 Å². The molecule has 25 heavy (non-hydrogen) atoms. The fourth-order valence-electron chi connectivity index (χ4n) is 5.51. The average molecular weight is 350 g/mol. The van der Waals surface area contributed by atoms with Gasteiger partial charge < -0.3 is 5.32 Å². The SMILES string of the molecule is CCCCN1C2(CCCCC2)C(=O)N(C(=O)NCC)C12CCCCC2. The summed E-state index contributed by atoms with van der Waals surface area (Å²) in [4.78, 5) is 30.8. The van der Waals surface area contributed by atoms with E-state index in [1.54, 1.807) is 4.90 Å². The van der Waals surface area contributed by atoms with Crippen LogP contribution in [0.4, 0.5) is 4.79 Å². The summed E-state index contributed by atoms with van der Waals surface area (Å²) in [7, 11) is 0. The maximum Gasteiger partial charge on any atom is 0.325 e. The Labute approximate surface area is 152 Å². The summed E-state index contributed by atoms with van der Waals surface area (Å²) in [5.74, 6) is 0.0937.